The Kier molecular flexibility index (Phi) is 6.22. The van der Waals surface area contributed by atoms with Crippen LogP contribution in [0.5, 0.6) is 0 Å². The Balaban J connectivity index is 1.39. The Hall–Kier alpha value is -3.61. The van der Waals surface area contributed by atoms with Crippen molar-refractivity contribution < 1.29 is 14.3 Å². The minimum absolute atomic E-state index is 0.148. The number of amides is 2. The van der Waals surface area contributed by atoms with E-state index in [9.17, 15) is 9.59 Å². The number of rotatable bonds is 5. The van der Waals surface area contributed by atoms with E-state index in [1.54, 1.807) is 15.8 Å². The first kappa shape index (κ1) is 22.6. The molecule has 1 aliphatic rings. The molecular weight excluding hydrogens is 416 g/mol. The largest absolute Gasteiger partial charge is 0.444 e. The SMILES string of the molecule is Cn1ncc(C(=O)NCc2ccc3c(c2)CN(C(=O)OC(C)(C)C)C3)c1Cc1ccccc1. The summed E-state index contributed by atoms with van der Waals surface area (Å²) in [6.07, 6.45) is 1.95. The number of aryl methyl sites for hydroxylation is 1. The van der Waals surface area contributed by atoms with Gasteiger partial charge in [0.05, 0.1) is 17.5 Å². The maximum absolute atomic E-state index is 12.9. The van der Waals surface area contributed by atoms with Gasteiger partial charge >= 0.3 is 6.09 Å². The Morgan fingerprint density at radius 1 is 1.03 bits per heavy atom. The van der Waals surface area contributed by atoms with E-state index < -0.39 is 5.60 Å². The first-order valence-corrected chi connectivity index (χ1v) is 11.1. The predicted molar refractivity (Wildman–Crippen MR) is 126 cm³/mol. The molecule has 3 aromatic rings. The van der Waals surface area contributed by atoms with Gasteiger partial charge in [-0.3, -0.25) is 14.4 Å². The maximum atomic E-state index is 12.9. The van der Waals surface area contributed by atoms with E-state index in [2.05, 4.69) is 10.4 Å². The van der Waals surface area contributed by atoms with Crippen molar-refractivity contribution in [2.75, 3.05) is 0 Å². The Morgan fingerprint density at radius 2 is 1.76 bits per heavy atom. The summed E-state index contributed by atoms with van der Waals surface area (Å²) < 4.78 is 7.24. The predicted octanol–water partition coefficient (Wildman–Crippen LogP) is 4.19. The summed E-state index contributed by atoms with van der Waals surface area (Å²) in [5, 5.41) is 7.31. The van der Waals surface area contributed by atoms with Crippen LogP contribution in [0.2, 0.25) is 0 Å². The number of carbonyl (C=O) groups excluding carboxylic acids is 2. The van der Waals surface area contributed by atoms with E-state index in [1.165, 1.54) is 0 Å². The van der Waals surface area contributed by atoms with Gasteiger partial charge in [0.15, 0.2) is 0 Å². The lowest BCUT2D eigenvalue weighted by atomic mass is 10.1. The van der Waals surface area contributed by atoms with Crippen LogP contribution in [-0.4, -0.2) is 32.3 Å². The summed E-state index contributed by atoms with van der Waals surface area (Å²) in [6.45, 7) is 7.04. The molecule has 7 heteroatoms. The highest BCUT2D eigenvalue weighted by molar-refractivity contribution is 5.95. The molecule has 33 heavy (non-hydrogen) atoms. The number of carbonyl (C=O) groups is 2. The molecule has 0 saturated heterocycles. The summed E-state index contributed by atoms with van der Waals surface area (Å²) in [6, 6.07) is 16.1. The zero-order valence-corrected chi connectivity index (χ0v) is 19.6. The fourth-order valence-electron chi connectivity index (χ4n) is 3.94. The molecule has 1 aromatic heterocycles. The number of hydrogen-bond acceptors (Lipinski definition) is 4. The van der Waals surface area contributed by atoms with E-state index in [0.717, 1.165) is 27.9 Å². The molecule has 0 unspecified atom stereocenters. The van der Waals surface area contributed by atoms with Crippen LogP contribution in [0.25, 0.3) is 0 Å². The van der Waals surface area contributed by atoms with Crippen molar-refractivity contribution in [2.45, 2.75) is 52.4 Å². The summed E-state index contributed by atoms with van der Waals surface area (Å²) in [7, 11) is 1.85. The third-order valence-electron chi connectivity index (χ3n) is 5.62. The summed E-state index contributed by atoms with van der Waals surface area (Å²) in [5.41, 5.74) is 5.24. The highest BCUT2D eigenvalue weighted by Gasteiger charge is 2.28. The highest BCUT2D eigenvalue weighted by atomic mass is 16.6. The van der Waals surface area contributed by atoms with Gasteiger partial charge in [0.1, 0.15) is 5.60 Å². The van der Waals surface area contributed by atoms with Crippen LogP contribution in [0.4, 0.5) is 4.79 Å². The Bertz CT molecular complexity index is 1160. The lowest BCUT2D eigenvalue weighted by molar-refractivity contribution is 0.0241. The lowest BCUT2D eigenvalue weighted by Crippen LogP contribution is -2.33. The van der Waals surface area contributed by atoms with E-state index >= 15 is 0 Å². The molecule has 2 heterocycles. The summed E-state index contributed by atoms with van der Waals surface area (Å²) >= 11 is 0. The molecular formula is C26H30N4O3. The number of fused-ring (bicyclic) bond motifs is 1. The molecule has 4 rings (SSSR count). The van der Waals surface area contributed by atoms with E-state index in [1.807, 2.05) is 76.3 Å². The number of hydrogen-bond donors (Lipinski definition) is 1. The second-order valence-corrected chi connectivity index (χ2v) is 9.41. The van der Waals surface area contributed by atoms with Crippen LogP contribution >= 0.6 is 0 Å². The molecule has 7 nitrogen and oxygen atoms in total. The molecule has 2 amide bonds. The van der Waals surface area contributed by atoms with Crippen molar-refractivity contribution in [1.82, 2.24) is 20.0 Å². The van der Waals surface area contributed by atoms with Gasteiger partial charge in [0, 0.05) is 33.1 Å². The van der Waals surface area contributed by atoms with Gasteiger partial charge in [-0.05, 0) is 43.0 Å². The maximum Gasteiger partial charge on any atom is 0.410 e. The average molecular weight is 447 g/mol. The zero-order valence-electron chi connectivity index (χ0n) is 19.6. The molecule has 0 bridgehead atoms. The van der Waals surface area contributed by atoms with Crippen molar-refractivity contribution in [2.24, 2.45) is 7.05 Å². The van der Waals surface area contributed by atoms with Crippen LogP contribution < -0.4 is 5.32 Å². The molecule has 0 fully saturated rings. The molecule has 1 N–H and O–H groups in total. The van der Waals surface area contributed by atoms with Crippen LogP contribution in [0.1, 0.15) is 59.1 Å². The number of nitrogens with zero attached hydrogens (tertiary/aromatic N) is 3. The van der Waals surface area contributed by atoms with Gasteiger partial charge in [-0.1, -0.05) is 48.5 Å². The average Bonchev–Trinajstić information content (AvgIpc) is 3.35. The fraction of sp³-hybridized carbons (Fsp3) is 0.346. The molecule has 0 saturated carbocycles. The third-order valence-corrected chi connectivity index (χ3v) is 5.62. The van der Waals surface area contributed by atoms with Crippen molar-refractivity contribution in [3.05, 3.63) is 88.2 Å². The summed E-state index contributed by atoms with van der Waals surface area (Å²) in [5.74, 6) is -0.148. The first-order valence-electron chi connectivity index (χ1n) is 11.1. The third kappa shape index (κ3) is 5.42. The molecule has 0 spiro atoms. The summed E-state index contributed by atoms with van der Waals surface area (Å²) in [4.78, 5) is 27.0. The van der Waals surface area contributed by atoms with Gasteiger partial charge in [-0.25, -0.2) is 4.79 Å². The van der Waals surface area contributed by atoms with Crippen LogP contribution in [0.3, 0.4) is 0 Å². The number of nitrogens with one attached hydrogen (secondary N) is 1. The number of benzene rings is 2. The minimum atomic E-state index is -0.521. The van der Waals surface area contributed by atoms with E-state index in [0.29, 0.717) is 31.6 Å². The number of aromatic nitrogens is 2. The van der Waals surface area contributed by atoms with Crippen LogP contribution in [-0.2, 0) is 37.8 Å². The lowest BCUT2D eigenvalue weighted by Gasteiger charge is -2.24. The first-order chi connectivity index (χ1) is 15.7. The topological polar surface area (TPSA) is 76.5 Å². The van der Waals surface area contributed by atoms with Gasteiger partial charge < -0.3 is 10.1 Å². The minimum Gasteiger partial charge on any atom is -0.444 e. The molecule has 0 aliphatic carbocycles. The molecule has 1 aliphatic heterocycles. The second kappa shape index (κ2) is 9.10. The zero-order chi connectivity index (χ0) is 23.6. The molecule has 2 aromatic carbocycles. The smallest absolute Gasteiger partial charge is 0.410 e. The van der Waals surface area contributed by atoms with Crippen molar-refractivity contribution in [3.63, 3.8) is 0 Å². The second-order valence-electron chi connectivity index (χ2n) is 9.41. The van der Waals surface area contributed by atoms with Gasteiger partial charge in [0.2, 0.25) is 0 Å². The molecule has 0 atom stereocenters. The molecule has 0 radical (unpaired) electrons. The Labute approximate surface area is 194 Å². The highest BCUT2D eigenvalue weighted by Crippen LogP contribution is 2.26. The van der Waals surface area contributed by atoms with E-state index in [4.69, 9.17) is 4.74 Å². The van der Waals surface area contributed by atoms with Crippen LogP contribution in [0, 0.1) is 0 Å². The Morgan fingerprint density at radius 3 is 2.48 bits per heavy atom. The standard InChI is InChI=1S/C26H30N4O3/c1-26(2,3)33-25(32)30-16-20-11-10-19(12-21(20)17-30)14-27-24(31)22-15-28-29(4)23(22)13-18-8-6-5-7-9-18/h5-12,15H,13-14,16-17H2,1-4H3,(H,27,31). The quantitative estimate of drug-likeness (QED) is 0.638. The van der Waals surface area contributed by atoms with Crippen molar-refractivity contribution in [1.29, 1.82) is 0 Å². The monoisotopic (exact) mass is 446 g/mol. The van der Waals surface area contributed by atoms with Gasteiger partial charge in [-0.2, -0.15) is 5.10 Å². The van der Waals surface area contributed by atoms with Gasteiger partial charge in [0.25, 0.3) is 5.91 Å². The normalized spacial score (nSPS) is 13.0. The van der Waals surface area contributed by atoms with Crippen LogP contribution in [0.15, 0.2) is 54.7 Å². The molecule has 172 valence electrons. The van der Waals surface area contributed by atoms with Crippen molar-refractivity contribution >= 4 is 12.0 Å². The van der Waals surface area contributed by atoms with E-state index in [-0.39, 0.29) is 12.0 Å². The number of ether oxygens (including phenoxy) is 1. The van der Waals surface area contributed by atoms with Crippen molar-refractivity contribution in [3.8, 4) is 0 Å². The fourth-order valence-corrected chi connectivity index (χ4v) is 3.94. The van der Waals surface area contributed by atoms with Gasteiger partial charge in [-0.15, -0.1) is 0 Å².